The minimum Gasteiger partial charge on any atom is -0.366 e. The molecule has 2 fully saturated rings. The summed E-state index contributed by atoms with van der Waals surface area (Å²) in [6.07, 6.45) is 16.4. The van der Waals surface area contributed by atoms with Crippen molar-refractivity contribution in [1.82, 2.24) is 4.89 Å². The molecule has 1 heterocycles. The van der Waals surface area contributed by atoms with Crippen LogP contribution in [-0.2, 0) is 4.18 Å². The summed E-state index contributed by atoms with van der Waals surface area (Å²) in [5, 5.41) is 11.3. The number of rotatable bonds is 3. The Morgan fingerprint density at radius 2 is 1.94 bits per heavy atom. The highest BCUT2D eigenvalue weighted by molar-refractivity contribution is 7.92. The molecule has 1 aromatic rings. The molecule has 33 heavy (non-hydrogen) atoms. The van der Waals surface area contributed by atoms with Crippen molar-refractivity contribution in [3.63, 3.8) is 0 Å². The maximum Gasteiger partial charge on any atom is 0.105 e. The Balaban J connectivity index is 0.000000416. The Kier molecular flexibility index (Phi) is 6.55. The van der Waals surface area contributed by atoms with E-state index in [0.29, 0.717) is 10.8 Å². The number of nitrogens with one attached hydrogen (secondary N) is 2. The number of hydrogen-bond acceptors (Lipinski definition) is 6. The van der Waals surface area contributed by atoms with Crippen LogP contribution >= 0.6 is 12.2 Å². The van der Waals surface area contributed by atoms with Gasteiger partial charge in [-0.3, -0.25) is 0 Å². The van der Waals surface area contributed by atoms with Crippen LogP contribution in [0.4, 0.5) is 11.4 Å². The second-order valence-electron chi connectivity index (χ2n) is 10.9. The molecule has 180 valence electrons. The second-order valence-corrected chi connectivity index (χ2v) is 11.6. The predicted octanol–water partition coefficient (Wildman–Crippen LogP) is 6.90. The molecule has 5 aliphatic rings. The van der Waals surface area contributed by atoms with Crippen molar-refractivity contribution in [3.8, 4) is 0 Å². The van der Waals surface area contributed by atoms with Crippen molar-refractivity contribution < 1.29 is 9.39 Å². The van der Waals surface area contributed by atoms with E-state index in [9.17, 15) is 0 Å². The predicted molar refractivity (Wildman–Crippen MR) is 137 cm³/mol. The maximum atomic E-state index is 7.65. The molecule has 0 bridgehead atoms. The molecule has 5 atom stereocenters. The number of benzene rings is 1. The SMILES string of the molecule is CC12CCCCC1=CCC1C2CCC2(C)C(N3CNc4ccccc43)=CCC12.COSNO. The van der Waals surface area contributed by atoms with Crippen molar-refractivity contribution in [2.24, 2.45) is 28.6 Å². The van der Waals surface area contributed by atoms with E-state index in [0.717, 1.165) is 36.7 Å². The minimum atomic E-state index is 0.344. The fourth-order valence-corrected chi connectivity index (χ4v) is 8.10. The molecule has 0 saturated heterocycles. The van der Waals surface area contributed by atoms with Crippen LogP contribution in [0.2, 0.25) is 0 Å². The lowest BCUT2D eigenvalue weighted by Crippen LogP contribution is -2.50. The van der Waals surface area contributed by atoms with Crippen LogP contribution in [-0.4, -0.2) is 19.0 Å². The lowest BCUT2D eigenvalue weighted by Gasteiger charge is -2.57. The first-order chi connectivity index (χ1) is 16.0. The van der Waals surface area contributed by atoms with Crippen LogP contribution < -0.4 is 15.1 Å². The van der Waals surface area contributed by atoms with Crippen LogP contribution in [0.3, 0.4) is 0 Å². The first kappa shape index (κ1) is 23.3. The highest BCUT2D eigenvalue weighted by Gasteiger charge is 2.57. The lowest BCUT2D eigenvalue weighted by atomic mass is 9.48. The van der Waals surface area contributed by atoms with Gasteiger partial charge in [-0.2, -0.15) is 0 Å². The van der Waals surface area contributed by atoms with Crippen LogP contribution in [0.5, 0.6) is 0 Å². The third-order valence-corrected chi connectivity index (χ3v) is 9.83. The van der Waals surface area contributed by atoms with E-state index < -0.39 is 0 Å². The molecule has 6 heteroatoms. The molecular weight excluding hydrogens is 430 g/mol. The molecule has 5 unspecified atom stereocenters. The Hall–Kier alpha value is -1.47. The summed E-state index contributed by atoms with van der Waals surface area (Å²) in [4.78, 5) is 4.30. The van der Waals surface area contributed by atoms with Gasteiger partial charge in [0.2, 0.25) is 0 Å². The monoisotopic (exact) mass is 469 g/mol. The number of fused-ring (bicyclic) bond motifs is 6. The number of nitrogens with zero attached hydrogens (tertiary/aromatic N) is 1. The minimum absolute atomic E-state index is 0.344. The van der Waals surface area contributed by atoms with Crippen molar-refractivity contribution in [3.05, 3.63) is 47.7 Å². The van der Waals surface area contributed by atoms with Crippen molar-refractivity contribution in [1.29, 1.82) is 0 Å². The van der Waals surface area contributed by atoms with E-state index in [1.54, 1.807) is 10.6 Å². The molecule has 2 saturated carbocycles. The highest BCUT2D eigenvalue weighted by atomic mass is 32.2. The molecule has 5 nitrogen and oxygen atoms in total. The Morgan fingerprint density at radius 1 is 1.09 bits per heavy atom. The number of allylic oxidation sites excluding steroid dienone is 4. The summed E-state index contributed by atoms with van der Waals surface area (Å²) in [7, 11) is 1.45. The van der Waals surface area contributed by atoms with Gasteiger partial charge < -0.3 is 19.6 Å². The molecular formula is C27H39N3O2S. The Morgan fingerprint density at radius 3 is 2.73 bits per heavy atom. The fraction of sp³-hybridized carbons (Fsp3) is 0.630. The summed E-state index contributed by atoms with van der Waals surface area (Å²) < 4.78 is 4.25. The van der Waals surface area contributed by atoms with E-state index >= 15 is 0 Å². The summed E-state index contributed by atoms with van der Waals surface area (Å²) in [5.74, 6) is 2.62. The number of hydrogen-bond donors (Lipinski definition) is 3. The summed E-state index contributed by atoms with van der Waals surface area (Å²) in [6, 6.07) is 8.84. The first-order valence-electron chi connectivity index (χ1n) is 12.6. The molecule has 0 aromatic heterocycles. The first-order valence-corrected chi connectivity index (χ1v) is 13.4. The second kappa shape index (κ2) is 9.29. The van der Waals surface area contributed by atoms with Crippen LogP contribution in [0.1, 0.15) is 65.2 Å². The smallest absolute Gasteiger partial charge is 0.105 e. The van der Waals surface area contributed by atoms with Crippen LogP contribution in [0.15, 0.2) is 47.7 Å². The van der Waals surface area contributed by atoms with Gasteiger partial charge >= 0.3 is 0 Å². The Labute approximate surface area is 203 Å². The van der Waals surface area contributed by atoms with Gasteiger partial charge in [0, 0.05) is 11.1 Å². The van der Waals surface area contributed by atoms with Gasteiger partial charge in [-0.15, -0.1) is 4.89 Å². The van der Waals surface area contributed by atoms with E-state index in [2.05, 4.69) is 64.7 Å². The molecule has 0 radical (unpaired) electrons. The van der Waals surface area contributed by atoms with Gasteiger partial charge in [0.15, 0.2) is 0 Å². The molecule has 0 amide bonds. The normalized spacial score (nSPS) is 36.2. The zero-order valence-corrected chi connectivity index (χ0v) is 21.1. The summed E-state index contributed by atoms with van der Waals surface area (Å²) in [6.45, 7) is 6.15. The number of para-hydroxylation sites is 2. The van der Waals surface area contributed by atoms with E-state index in [4.69, 9.17) is 5.21 Å². The van der Waals surface area contributed by atoms with Gasteiger partial charge in [-0.05, 0) is 80.2 Å². The van der Waals surface area contributed by atoms with E-state index in [1.807, 2.05) is 5.57 Å². The zero-order chi connectivity index (χ0) is 23.1. The van der Waals surface area contributed by atoms with Gasteiger partial charge in [0.1, 0.15) is 12.2 Å². The molecule has 1 aromatic carbocycles. The van der Waals surface area contributed by atoms with Crippen molar-refractivity contribution >= 4 is 23.6 Å². The standard InChI is InChI=1S/C26H34N2.CH5NO2S/c1-25-15-6-5-7-18(25)10-11-19-20-12-13-24(26(20,2)16-14-21(19)25)28-17-27-22-8-3-4-9-23(22)28;1-4-5-2-3/h3-4,8-10,13,19-21,27H,5-7,11-12,14-17H2,1-2H3;2-3H,1H3. The largest absolute Gasteiger partial charge is 0.366 e. The zero-order valence-electron chi connectivity index (χ0n) is 20.3. The van der Waals surface area contributed by atoms with Gasteiger partial charge in [-0.25, -0.2) is 0 Å². The molecule has 0 spiro atoms. The average molecular weight is 470 g/mol. The van der Waals surface area contributed by atoms with Gasteiger partial charge in [0.05, 0.1) is 25.2 Å². The maximum absolute atomic E-state index is 7.65. The fourth-order valence-electron chi connectivity index (χ4n) is 8.02. The quantitative estimate of drug-likeness (QED) is 0.194. The number of anilines is 2. The molecule has 6 rings (SSSR count). The van der Waals surface area contributed by atoms with Crippen LogP contribution in [0, 0.1) is 28.6 Å². The van der Waals surface area contributed by atoms with E-state index in [1.165, 1.54) is 69.9 Å². The topological polar surface area (TPSA) is 56.8 Å². The van der Waals surface area contributed by atoms with Crippen molar-refractivity contribution in [2.45, 2.75) is 65.2 Å². The third-order valence-electron chi connectivity index (χ3n) is 9.59. The van der Waals surface area contributed by atoms with E-state index in [-0.39, 0.29) is 0 Å². The summed E-state index contributed by atoms with van der Waals surface area (Å²) in [5.41, 5.74) is 6.96. The van der Waals surface area contributed by atoms with Crippen LogP contribution in [0.25, 0.3) is 0 Å². The Bertz CT molecular complexity index is 932. The highest BCUT2D eigenvalue weighted by Crippen LogP contribution is 2.65. The van der Waals surface area contributed by atoms with Crippen molar-refractivity contribution in [2.75, 3.05) is 24.0 Å². The van der Waals surface area contributed by atoms with Gasteiger partial charge in [0.25, 0.3) is 0 Å². The third kappa shape index (κ3) is 3.83. The molecule has 1 aliphatic heterocycles. The summed E-state index contributed by atoms with van der Waals surface area (Å²) >= 11 is 0.769. The lowest BCUT2D eigenvalue weighted by molar-refractivity contribution is -0.0173. The van der Waals surface area contributed by atoms with Gasteiger partial charge in [-0.1, -0.05) is 50.1 Å². The average Bonchev–Trinajstić information content (AvgIpc) is 3.40. The molecule has 3 N–H and O–H groups in total. The molecule has 4 aliphatic carbocycles.